The number of hydrogen-bond donors (Lipinski definition) is 1. The van der Waals surface area contributed by atoms with Gasteiger partial charge in [-0.05, 0) is 31.5 Å². The number of nitrogens with two attached hydrogens (primary N) is 1. The van der Waals surface area contributed by atoms with Gasteiger partial charge in [-0.1, -0.05) is 41.5 Å². The molecule has 0 aliphatic heterocycles. The van der Waals surface area contributed by atoms with Crippen LogP contribution in [-0.2, 0) is 6.42 Å². The van der Waals surface area contributed by atoms with Gasteiger partial charge in [0, 0.05) is 17.7 Å². The first-order valence-corrected chi connectivity index (χ1v) is 6.01. The maximum absolute atomic E-state index is 12.2. The molecule has 2 nitrogen and oxygen atoms in total. The van der Waals surface area contributed by atoms with Gasteiger partial charge >= 0.3 is 0 Å². The summed E-state index contributed by atoms with van der Waals surface area (Å²) in [6.07, 6.45) is 0.400. The molecule has 2 heteroatoms. The predicted molar refractivity (Wildman–Crippen MR) is 74.8 cm³/mol. The number of para-hydroxylation sites is 1. The van der Waals surface area contributed by atoms with Gasteiger partial charge in [-0.3, -0.25) is 4.79 Å². The predicted octanol–water partition coefficient (Wildman–Crippen LogP) is 3.31. The van der Waals surface area contributed by atoms with Crippen LogP contribution >= 0.6 is 0 Å². The molecule has 0 fully saturated rings. The van der Waals surface area contributed by atoms with Crippen LogP contribution in [0.5, 0.6) is 0 Å². The van der Waals surface area contributed by atoms with Crippen molar-refractivity contribution in [2.45, 2.75) is 20.3 Å². The van der Waals surface area contributed by atoms with Gasteiger partial charge in [-0.25, -0.2) is 0 Å². The topological polar surface area (TPSA) is 43.1 Å². The molecule has 0 aromatic heterocycles. The number of Topliss-reactive ketones (excluding diaryl/α,β-unsaturated/α-hetero) is 1. The number of hydrogen-bond acceptors (Lipinski definition) is 2. The monoisotopic (exact) mass is 239 g/mol. The number of carbonyl (C=O) groups excluding carboxylic acids is 1. The van der Waals surface area contributed by atoms with Crippen molar-refractivity contribution in [2.24, 2.45) is 0 Å². The number of rotatable bonds is 3. The van der Waals surface area contributed by atoms with E-state index in [9.17, 15) is 4.79 Å². The first-order chi connectivity index (χ1) is 8.56. The molecule has 0 atom stereocenters. The largest absolute Gasteiger partial charge is 0.398 e. The van der Waals surface area contributed by atoms with Gasteiger partial charge in [0.05, 0.1) is 0 Å². The van der Waals surface area contributed by atoms with Gasteiger partial charge in [0.1, 0.15) is 0 Å². The van der Waals surface area contributed by atoms with Crippen molar-refractivity contribution in [3.8, 4) is 0 Å². The van der Waals surface area contributed by atoms with Crippen LogP contribution in [0, 0.1) is 13.8 Å². The molecule has 2 rings (SSSR count). The van der Waals surface area contributed by atoms with Crippen LogP contribution in [0.1, 0.15) is 27.0 Å². The summed E-state index contributed by atoms with van der Waals surface area (Å²) in [7, 11) is 0. The second-order valence-corrected chi connectivity index (χ2v) is 4.68. The van der Waals surface area contributed by atoms with Gasteiger partial charge in [-0.2, -0.15) is 0 Å². The average molecular weight is 239 g/mol. The molecule has 0 aliphatic carbocycles. The summed E-state index contributed by atoms with van der Waals surface area (Å²) in [5.41, 5.74) is 10.4. The lowest BCUT2D eigenvalue weighted by Crippen LogP contribution is -2.07. The Kier molecular flexibility index (Phi) is 3.47. The fourth-order valence-electron chi connectivity index (χ4n) is 2.20. The Hall–Kier alpha value is -2.09. The van der Waals surface area contributed by atoms with E-state index in [0.29, 0.717) is 17.7 Å². The summed E-state index contributed by atoms with van der Waals surface area (Å²) in [6.45, 7) is 4.08. The molecule has 0 aliphatic rings. The van der Waals surface area contributed by atoms with Crippen molar-refractivity contribution in [3.05, 3.63) is 64.7 Å². The molecular formula is C16H17NO. The number of benzene rings is 2. The standard InChI is InChI=1S/C16H17NO/c1-11-7-12(2)9-13(8-11)10-16(18)14-5-3-4-6-15(14)17/h3-9H,10,17H2,1-2H3. The fraction of sp³-hybridized carbons (Fsp3) is 0.188. The van der Waals surface area contributed by atoms with E-state index in [1.165, 1.54) is 11.1 Å². The van der Waals surface area contributed by atoms with Gasteiger partial charge in [0.25, 0.3) is 0 Å². The molecule has 2 aromatic carbocycles. The Labute approximate surface area is 107 Å². The molecule has 2 aromatic rings. The van der Waals surface area contributed by atoms with E-state index >= 15 is 0 Å². The van der Waals surface area contributed by atoms with Crippen LogP contribution in [-0.4, -0.2) is 5.78 Å². The van der Waals surface area contributed by atoms with Crippen molar-refractivity contribution >= 4 is 11.5 Å². The molecule has 0 saturated carbocycles. The number of anilines is 1. The lowest BCUT2D eigenvalue weighted by Gasteiger charge is -2.06. The summed E-state index contributed by atoms with van der Waals surface area (Å²) in [5.74, 6) is 0.0677. The van der Waals surface area contributed by atoms with Gasteiger partial charge in [0.2, 0.25) is 0 Å². The highest BCUT2D eigenvalue weighted by Crippen LogP contribution is 2.16. The van der Waals surface area contributed by atoms with Crippen LogP contribution in [0.25, 0.3) is 0 Å². The van der Waals surface area contributed by atoms with Crippen molar-refractivity contribution in [1.29, 1.82) is 0 Å². The lowest BCUT2D eigenvalue weighted by molar-refractivity contribution is 0.0994. The Balaban J connectivity index is 2.24. The number of aryl methyl sites for hydroxylation is 2. The summed E-state index contributed by atoms with van der Waals surface area (Å²) >= 11 is 0. The molecule has 92 valence electrons. The quantitative estimate of drug-likeness (QED) is 0.659. The molecule has 18 heavy (non-hydrogen) atoms. The molecule has 0 radical (unpaired) electrons. The summed E-state index contributed by atoms with van der Waals surface area (Å²) in [5, 5.41) is 0. The van der Waals surface area contributed by atoms with E-state index in [4.69, 9.17) is 5.73 Å². The molecule has 2 N–H and O–H groups in total. The normalized spacial score (nSPS) is 10.3. The van der Waals surface area contributed by atoms with Crippen molar-refractivity contribution < 1.29 is 4.79 Å². The maximum Gasteiger partial charge on any atom is 0.169 e. The zero-order valence-corrected chi connectivity index (χ0v) is 10.7. The highest BCUT2D eigenvalue weighted by molar-refractivity contribution is 6.01. The van der Waals surface area contributed by atoms with Crippen molar-refractivity contribution in [2.75, 3.05) is 5.73 Å². The summed E-state index contributed by atoms with van der Waals surface area (Å²) in [6, 6.07) is 13.4. The Morgan fingerprint density at radius 2 is 1.67 bits per heavy atom. The Morgan fingerprint density at radius 1 is 1.06 bits per heavy atom. The Morgan fingerprint density at radius 3 is 2.28 bits per heavy atom. The third-order valence-electron chi connectivity index (χ3n) is 2.91. The molecule has 0 amide bonds. The second-order valence-electron chi connectivity index (χ2n) is 4.68. The zero-order chi connectivity index (χ0) is 13.1. The van der Waals surface area contributed by atoms with Crippen LogP contribution in [0.3, 0.4) is 0 Å². The lowest BCUT2D eigenvalue weighted by atomic mass is 9.99. The van der Waals surface area contributed by atoms with Crippen LogP contribution < -0.4 is 5.73 Å². The molecule has 0 bridgehead atoms. The Bertz CT molecular complexity index is 567. The molecule has 0 spiro atoms. The van der Waals surface area contributed by atoms with E-state index in [1.54, 1.807) is 12.1 Å². The van der Waals surface area contributed by atoms with Gasteiger partial charge in [-0.15, -0.1) is 0 Å². The second kappa shape index (κ2) is 5.05. The van der Waals surface area contributed by atoms with E-state index in [2.05, 4.69) is 6.07 Å². The van der Waals surface area contributed by atoms with Crippen molar-refractivity contribution in [3.63, 3.8) is 0 Å². The van der Waals surface area contributed by atoms with E-state index < -0.39 is 0 Å². The first-order valence-electron chi connectivity index (χ1n) is 6.01. The first kappa shape index (κ1) is 12.4. The van der Waals surface area contributed by atoms with Crippen LogP contribution in [0.2, 0.25) is 0 Å². The van der Waals surface area contributed by atoms with E-state index in [-0.39, 0.29) is 5.78 Å². The van der Waals surface area contributed by atoms with E-state index in [1.807, 2.05) is 38.1 Å². The minimum atomic E-state index is 0.0677. The summed E-state index contributed by atoms with van der Waals surface area (Å²) in [4.78, 5) is 12.2. The third kappa shape index (κ3) is 2.77. The number of nitrogen functional groups attached to an aromatic ring is 1. The molecule has 0 saturated heterocycles. The van der Waals surface area contributed by atoms with E-state index in [0.717, 1.165) is 5.56 Å². The zero-order valence-electron chi connectivity index (χ0n) is 10.7. The van der Waals surface area contributed by atoms with Crippen LogP contribution in [0.4, 0.5) is 5.69 Å². The van der Waals surface area contributed by atoms with Gasteiger partial charge < -0.3 is 5.73 Å². The summed E-state index contributed by atoms with van der Waals surface area (Å²) < 4.78 is 0. The molecule has 0 unspecified atom stereocenters. The molecule has 0 heterocycles. The average Bonchev–Trinajstić information content (AvgIpc) is 2.27. The fourth-order valence-corrected chi connectivity index (χ4v) is 2.20. The SMILES string of the molecule is Cc1cc(C)cc(CC(=O)c2ccccc2N)c1. The van der Waals surface area contributed by atoms with Crippen LogP contribution in [0.15, 0.2) is 42.5 Å². The highest BCUT2D eigenvalue weighted by atomic mass is 16.1. The third-order valence-corrected chi connectivity index (χ3v) is 2.91. The number of carbonyl (C=O) groups is 1. The van der Waals surface area contributed by atoms with Gasteiger partial charge in [0.15, 0.2) is 5.78 Å². The highest BCUT2D eigenvalue weighted by Gasteiger charge is 2.10. The molecular weight excluding hydrogens is 222 g/mol. The smallest absolute Gasteiger partial charge is 0.169 e. The number of ketones is 1. The maximum atomic E-state index is 12.2. The minimum Gasteiger partial charge on any atom is -0.398 e. The minimum absolute atomic E-state index is 0.0677. The van der Waals surface area contributed by atoms with Crippen molar-refractivity contribution in [1.82, 2.24) is 0 Å².